The fraction of sp³-hybridized carbons (Fsp3) is 0.200. The molecule has 1 aromatic carbocycles. The maximum absolute atomic E-state index is 12.3. The average Bonchev–Trinajstić information content (AvgIpc) is 3.41. The van der Waals surface area contributed by atoms with E-state index in [1.54, 1.807) is 36.4 Å². The molecule has 1 unspecified atom stereocenters. The van der Waals surface area contributed by atoms with Gasteiger partial charge in [0.1, 0.15) is 11.4 Å². The number of carbonyl (C=O) groups excluding carboxylic acids is 2. The van der Waals surface area contributed by atoms with Crippen LogP contribution in [0.2, 0.25) is 0 Å². The normalized spacial score (nSPS) is 12.8. The smallest absolute Gasteiger partial charge is 0.313 e. The Morgan fingerprint density at radius 2 is 1.93 bits per heavy atom. The van der Waals surface area contributed by atoms with E-state index >= 15 is 0 Å². The minimum atomic E-state index is -1.40. The van der Waals surface area contributed by atoms with Crippen molar-refractivity contribution < 1.29 is 19.4 Å². The van der Waals surface area contributed by atoms with Crippen LogP contribution >= 0.6 is 22.7 Å². The Bertz CT molecular complexity index is 889. The zero-order valence-electron chi connectivity index (χ0n) is 15.2. The molecule has 0 radical (unpaired) electrons. The van der Waals surface area contributed by atoms with Crippen molar-refractivity contribution in [2.24, 2.45) is 0 Å². The van der Waals surface area contributed by atoms with E-state index < -0.39 is 17.4 Å². The lowest BCUT2D eigenvalue weighted by Gasteiger charge is -2.26. The highest BCUT2D eigenvalue weighted by Gasteiger charge is 2.34. The molecule has 28 heavy (non-hydrogen) atoms. The van der Waals surface area contributed by atoms with E-state index in [-0.39, 0.29) is 6.54 Å². The topological polar surface area (TPSA) is 87.7 Å². The second kappa shape index (κ2) is 9.01. The van der Waals surface area contributed by atoms with Gasteiger partial charge in [0.25, 0.3) is 0 Å². The van der Waals surface area contributed by atoms with Gasteiger partial charge in [-0.05, 0) is 47.3 Å². The molecule has 0 spiro atoms. The van der Waals surface area contributed by atoms with E-state index in [1.165, 1.54) is 22.7 Å². The van der Waals surface area contributed by atoms with E-state index in [1.807, 2.05) is 29.1 Å². The van der Waals surface area contributed by atoms with Crippen molar-refractivity contribution in [3.63, 3.8) is 0 Å². The molecule has 0 saturated carbocycles. The van der Waals surface area contributed by atoms with E-state index in [0.29, 0.717) is 28.5 Å². The maximum atomic E-state index is 12.3. The fourth-order valence-corrected chi connectivity index (χ4v) is 4.23. The number of amides is 2. The molecule has 2 amide bonds. The van der Waals surface area contributed by atoms with Crippen LogP contribution in [0.3, 0.4) is 0 Å². The Morgan fingerprint density at radius 1 is 1.11 bits per heavy atom. The number of nitrogens with one attached hydrogen (secondary N) is 2. The highest BCUT2D eigenvalue weighted by atomic mass is 32.1. The summed E-state index contributed by atoms with van der Waals surface area (Å²) < 4.78 is 5.45. The van der Waals surface area contributed by atoms with E-state index in [2.05, 4.69) is 10.6 Å². The van der Waals surface area contributed by atoms with Crippen molar-refractivity contribution in [3.8, 4) is 5.75 Å². The Morgan fingerprint density at radius 3 is 2.61 bits per heavy atom. The molecular formula is C20H20N2O4S2. The van der Waals surface area contributed by atoms with Crippen molar-refractivity contribution in [2.75, 3.05) is 18.5 Å². The number of hydrogen-bond donors (Lipinski definition) is 3. The predicted octanol–water partition coefficient (Wildman–Crippen LogP) is 3.20. The number of ether oxygens (including phenoxy) is 1. The Kier molecular flexibility index (Phi) is 6.45. The summed E-state index contributed by atoms with van der Waals surface area (Å²) in [6.07, 6.45) is 0. The van der Waals surface area contributed by atoms with Crippen LogP contribution in [0.5, 0.6) is 5.75 Å². The number of hydrogen-bond acceptors (Lipinski definition) is 6. The van der Waals surface area contributed by atoms with Crippen LogP contribution in [0.1, 0.15) is 17.4 Å². The molecule has 3 rings (SSSR count). The second-order valence-corrected chi connectivity index (χ2v) is 7.64. The van der Waals surface area contributed by atoms with Gasteiger partial charge in [0, 0.05) is 10.4 Å². The molecule has 146 valence electrons. The average molecular weight is 417 g/mol. The number of anilines is 1. The number of aliphatic hydroxyl groups is 1. The molecule has 0 aliphatic heterocycles. The lowest BCUT2D eigenvalue weighted by Crippen LogP contribution is -2.44. The third kappa shape index (κ3) is 4.41. The van der Waals surface area contributed by atoms with Gasteiger partial charge in [-0.3, -0.25) is 9.59 Å². The van der Waals surface area contributed by atoms with Crippen molar-refractivity contribution in [1.29, 1.82) is 0 Å². The standard InChI is InChI=1S/C20H20N2O4S2/c1-2-26-16-7-4-3-6-15(16)22-19(24)18(23)21-13-20(25,14-9-11-27-12-14)17-8-5-10-28-17/h3-12,25H,2,13H2,1H3,(H,21,23)(H,22,24). The summed E-state index contributed by atoms with van der Waals surface area (Å²) in [4.78, 5) is 25.3. The first-order chi connectivity index (χ1) is 13.5. The van der Waals surface area contributed by atoms with Crippen LogP contribution in [-0.2, 0) is 15.2 Å². The zero-order chi connectivity index (χ0) is 20.0. The van der Waals surface area contributed by atoms with Gasteiger partial charge in [-0.1, -0.05) is 18.2 Å². The molecule has 3 N–H and O–H groups in total. The minimum absolute atomic E-state index is 0.121. The summed E-state index contributed by atoms with van der Waals surface area (Å²) in [5.74, 6) is -1.18. The minimum Gasteiger partial charge on any atom is -0.492 e. The maximum Gasteiger partial charge on any atom is 0.313 e. The molecule has 1 atom stereocenters. The van der Waals surface area contributed by atoms with Gasteiger partial charge in [0.15, 0.2) is 0 Å². The quantitative estimate of drug-likeness (QED) is 0.516. The van der Waals surface area contributed by atoms with Crippen molar-refractivity contribution in [3.05, 3.63) is 69.0 Å². The molecule has 0 aliphatic rings. The predicted molar refractivity (Wildman–Crippen MR) is 111 cm³/mol. The van der Waals surface area contributed by atoms with Gasteiger partial charge in [0.2, 0.25) is 0 Å². The highest BCUT2D eigenvalue weighted by Crippen LogP contribution is 2.33. The summed E-state index contributed by atoms with van der Waals surface area (Å²) in [6.45, 7) is 2.15. The number of benzene rings is 1. The van der Waals surface area contributed by atoms with Crippen molar-refractivity contribution in [2.45, 2.75) is 12.5 Å². The van der Waals surface area contributed by atoms with Gasteiger partial charge in [0.05, 0.1) is 18.8 Å². The summed E-state index contributed by atoms with van der Waals surface area (Å²) in [7, 11) is 0. The molecule has 0 fully saturated rings. The summed E-state index contributed by atoms with van der Waals surface area (Å²) in [6, 6.07) is 12.3. The Hall–Kier alpha value is -2.68. The zero-order valence-corrected chi connectivity index (χ0v) is 16.8. The Labute approximate surface area is 170 Å². The van der Waals surface area contributed by atoms with Gasteiger partial charge in [-0.2, -0.15) is 11.3 Å². The number of thiophene rings is 2. The van der Waals surface area contributed by atoms with E-state index in [4.69, 9.17) is 4.74 Å². The largest absolute Gasteiger partial charge is 0.492 e. The number of carbonyl (C=O) groups is 2. The monoisotopic (exact) mass is 416 g/mol. The molecule has 3 aromatic rings. The molecular weight excluding hydrogens is 396 g/mol. The molecule has 6 nitrogen and oxygen atoms in total. The first-order valence-corrected chi connectivity index (χ1v) is 10.5. The third-order valence-electron chi connectivity index (χ3n) is 4.07. The molecule has 2 aromatic heterocycles. The van der Waals surface area contributed by atoms with E-state index in [9.17, 15) is 14.7 Å². The van der Waals surface area contributed by atoms with Gasteiger partial charge >= 0.3 is 11.8 Å². The third-order valence-corrected chi connectivity index (χ3v) is 5.78. The molecule has 0 aliphatic carbocycles. The van der Waals surface area contributed by atoms with Crippen LogP contribution in [-0.4, -0.2) is 30.1 Å². The van der Waals surface area contributed by atoms with Crippen LogP contribution in [0.15, 0.2) is 58.6 Å². The summed E-state index contributed by atoms with van der Waals surface area (Å²) in [5.41, 5.74) is -0.314. The van der Waals surface area contributed by atoms with Crippen LogP contribution in [0.4, 0.5) is 5.69 Å². The van der Waals surface area contributed by atoms with Gasteiger partial charge in [-0.15, -0.1) is 11.3 Å². The molecule has 2 heterocycles. The molecule has 0 bridgehead atoms. The van der Waals surface area contributed by atoms with E-state index in [0.717, 1.165) is 0 Å². The van der Waals surface area contributed by atoms with Crippen LogP contribution in [0, 0.1) is 0 Å². The SMILES string of the molecule is CCOc1ccccc1NC(=O)C(=O)NCC(O)(c1ccsc1)c1cccs1. The van der Waals surface area contributed by atoms with Crippen LogP contribution in [0.25, 0.3) is 0 Å². The number of rotatable bonds is 7. The lowest BCUT2D eigenvalue weighted by atomic mass is 9.94. The summed E-state index contributed by atoms with van der Waals surface area (Å²) in [5, 5.41) is 21.8. The van der Waals surface area contributed by atoms with Gasteiger partial charge < -0.3 is 20.5 Å². The second-order valence-electron chi connectivity index (χ2n) is 5.92. The van der Waals surface area contributed by atoms with Crippen molar-refractivity contribution in [1.82, 2.24) is 5.32 Å². The molecule has 0 saturated heterocycles. The van der Waals surface area contributed by atoms with Crippen molar-refractivity contribution >= 4 is 40.2 Å². The first-order valence-electron chi connectivity index (χ1n) is 8.64. The lowest BCUT2D eigenvalue weighted by molar-refractivity contribution is -0.136. The molecule has 8 heteroatoms. The first kappa shape index (κ1) is 20.1. The Balaban J connectivity index is 1.69. The highest BCUT2D eigenvalue weighted by molar-refractivity contribution is 7.10. The summed E-state index contributed by atoms with van der Waals surface area (Å²) >= 11 is 2.84. The van der Waals surface area contributed by atoms with Gasteiger partial charge in [-0.25, -0.2) is 0 Å². The van der Waals surface area contributed by atoms with Crippen LogP contribution < -0.4 is 15.4 Å². The fourth-order valence-electron chi connectivity index (χ4n) is 2.66. The number of para-hydroxylation sites is 2.